The van der Waals surface area contributed by atoms with Gasteiger partial charge in [0.15, 0.2) is 0 Å². The van der Waals surface area contributed by atoms with Crippen LogP contribution in [0.3, 0.4) is 0 Å². The molecule has 0 saturated carbocycles. The van der Waals surface area contributed by atoms with Gasteiger partial charge >= 0.3 is 0 Å². The second kappa shape index (κ2) is 9.92. The summed E-state index contributed by atoms with van der Waals surface area (Å²) in [6.45, 7) is 4.21. The molecule has 4 rings (SSSR count). The van der Waals surface area contributed by atoms with Gasteiger partial charge in [0.25, 0.3) is 11.8 Å². The molecule has 2 fully saturated rings. The Labute approximate surface area is 181 Å². The Kier molecular flexibility index (Phi) is 6.82. The van der Waals surface area contributed by atoms with Crippen LogP contribution in [0.2, 0.25) is 0 Å². The quantitative estimate of drug-likeness (QED) is 0.737. The molecule has 6 nitrogen and oxygen atoms in total. The zero-order valence-electron chi connectivity index (χ0n) is 17.5. The molecule has 2 amide bonds. The summed E-state index contributed by atoms with van der Waals surface area (Å²) < 4.78 is 24.3. The van der Waals surface area contributed by atoms with Crippen molar-refractivity contribution in [3.8, 4) is 5.75 Å². The number of piperidine rings is 1. The second-order valence-corrected chi connectivity index (χ2v) is 8.01. The Morgan fingerprint density at radius 1 is 0.903 bits per heavy atom. The summed E-state index contributed by atoms with van der Waals surface area (Å²) in [4.78, 5) is 28.8. The van der Waals surface area contributed by atoms with Crippen molar-refractivity contribution < 1.29 is 23.5 Å². The van der Waals surface area contributed by atoms with Gasteiger partial charge in [0.1, 0.15) is 11.6 Å². The Morgan fingerprint density at radius 2 is 1.52 bits per heavy atom. The van der Waals surface area contributed by atoms with E-state index in [0.29, 0.717) is 62.9 Å². The smallest absolute Gasteiger partial charge is 0.254 e. The zero-order valence-corrected chi connectivity index (χ0v) is 17.5. The summed E-state index contributed by atoms with van der Waals surface area (Å²) in [7, 11) is 0. The molecule has 2 aliphatic rings. The minimum absolute atomic E-state index is 0.0112. The lowest BCUT2D eigenvalue weighted by Gasteiger charge is -2.32. The van der Waals surface area contributed by atoms with Crippen molar-refractivity contribution in [2.75, 3.05) is 46.0 Å². The Hall–Kier alpha value is -2.93. The topological polar surface area (TPSA) is 59.1 Å². The van der Waals surface area contributed by atoms with Gasteiger partial charge in [-0.05, 0) is 61.4 Å². The van der Waals surface area contributed by atoms with E-state index in [2.05, 4.69) is 0 Å². The summed E-state index contributed by atoms with van der Waals surface area (Å²) >= 11 is 0. The van der Waals surface area contributed by atoms with E-state index in [4.69, 9.17) is 9.47 Å². The number of ether oxygens (including phenoxy) is 2. The lowest BCUT2D eigenvalue weighted by molar-refractivity contribution is 0.0303. The van der Waals surface area contributed by atoms with Crippen molar-refractivity contribution in [3.05, 3.63) is 65.5 Å². The average molecular weight is 426 g/mol. The van der Waals surface area contributed by atoms with E-state index in [1.807, 2.05) is 17.0 Å². The predicted octanol–water partition coefficient (Wildman–Crippen LogP) is 3.23. The maximum Gasteiger partial charge on any atom is 0.254 e. The van der Waals surface area contributed by atoms with E-state index in [-0.39, 0.29) is 23.5 Å². The molecule has 2 heterocycles. The minimum atomic E-state index is -0.348. The monoisotopic (exact) mass is 426 g/mol. The highest BCUT2D eigenvalue weighted by Gasteiger charge is 2.25. The van der Waals surface area contributed by atoms with Crippen LogP contribution in [-0.4, -0.2) is 67.6 Å². The Bertz CT molecular complexity index is 895. The number of hydrogen-bond acceptors (Lipinski definition) is 4. The predicted molar refractivity (Wildman–Crippen MR) is 114 cm³/mol. The fraction of sp³-hybridized carbons (Fsp3) is 0.417. The molecular weight excluding hydrogens is 399 g/mol. The van der Waals surface area contributed by atoms with Gasteiger partial charge in [0, 0.05) is 43.2 Å². The highest BCUT2D eigenvalue weighted by atomic mass is 19.1. The molecule has 2 saturated heterocycles. The van der Waals surface area contributed by atoms with Gasteiger partial charge in [-0.2, -0.15) is 0 Å². The summed E-state index contributed by atoms with van der Waals surface area (Å²) in [5.41, 5.74) is 1.14. The third-order valence-electron chi connectivity index (χ3n) is 5.78. The molecule has 0 spiro atoms. The van der Waals surface area contributed by atoms with E-state index in [9.17, 15) is 14.0 Å². The average Bonchev–Trinajstić information content (AvgIpc) is 2.83. The number of hydrogen-bond donors (Lipinski definition) is 0. The second-order valence-electron chi connectivity index (χ2n) is 8.01. The fourth-order valence-corrected chi connectivity index (χ4v) is 4.02. The van der Waals surface area contributed by atoms with E-state index >= 15 is 0 Å². The first kappa shape index (κ1) is 21.3. The maximum atomic E-state index is 13.1. The molecule has 0 aromatic heterocycles. The van der Waals surface area contributed by atoms with E-state index in [0.717, 1.165) is 12.8 Å². The highest BCUT2D eigenvalue weighted by Crippen LogP contribution is 2.21. The lowest BCUT2D eigenvalue weighted by atomic mass is 9.98. The number of morpholine rings is 1. The van der Waals surface area contributed by atoms with E-state index in [1.54, 1.807) is 17.0 Å². The SMILES string of the molecule is O=C(c1ccc(OC[C@@H]2CCCN(C(=O)c3ccc(F)cc3)C2)cc1)N1CCOCC1. The number of halogens is 1. The normalized spacial score (nSPS) is 19.2. The first-order valence-corrected chi connectivity index (χ1v) is 10.7. The van der Waals surface area contributed by atoms with Gasteiger partial charge in [-0.3, -0.25) is 9.59 Å². The molecule has 31 heavy (non-hydrogen) atoms. The van der Waals surface area contributed by atoms with Crippen molar-refractivity contribution in [2.45, 2.75) is 12.8 Å². The maximum absolute atomic E-state index is 13.1. The Morgan fingerprint density at radius 3 is 2.19 bits per heavy atom. The third kappa shape index (κ3) is 5.41. The van der Waals surface area contributed by atoms with Gasteiger partial charge in [0.05, 0.1) is 19.8 Å². The molecule has 0 bridgehead atoms. The number of carbonyl (C=O) groups is 2. The van der Waals surface area contributed by atoms with Crippen LogP contribution in [-0.2, 0) is 4.74 Å². The number of rotatable bonds is 5. The molecule has 2 aromatic carbocycles. The van der Waals surface area contributed by atoms with E-state index < -0.39 is 0 Å². The van der Waals surface area contributed by atoms with Crippen molar-refractivity contribution in [2.24, 2.45) is 5.92 Å². The molecule has 2 aromatic rings. The van der Waals surface area contributed by atoms with Crippen LogP contribution in [0.15, 0.2) is 48.5 Å². The van der Waals surface area contributed by atoms with Crippen LogP contribution < -0.4 is 4.74 Å². The van der Waals surface area contributed by atoms with Crippen LogP contribution >= 0.6 is 0 Å². The van der Waals surface area contributed by atoms with Crippen molar-refractivity contribution >= 4 is 11.8 Å². The van der Waals surface area contributed by atoms with Crippen LogP contribution in [0.5, 0.6) is 5.75 Å². The molecule has 2 aliphatic heterocycles. The molecule has 7 heteroatoms. The molecule has 0 N–H and O–H groups in total. The van der Waals surface area contributed by atoms with Crippen molar-refractivity contribution in [1.29, 1.82) is 0 Å². The summed E-state index contributed by atoms with van der Waals surface area (Å²) in [5, 5.41) is 0. The van der Waals surface area contributed by atoms with Gasteiger partial charge in [-0.15, -0.1) is 0 Å². The lowest BCUT2D eigenvalue weighted by Crippen LogP contribution is -2.41. The Balaban J connectivity index is 1.29. The summed E-state index contributed by atoms with van der Waals surface area (Å²) in [6.07, 6.45) is 1.90. The first-order valence-electron chi connectivity index (χ1n) is 10.7. The number of carbonyl (C=O) groups excluding carboxylic acids is 2. The summed E-state index contributed by atoms with van der Waals surface area (Å²) in [5.74, 6) is 0.528. The number of amides is 2. The van der Waals surface area contributed by atoms with Crippen LogP contribution in [0.1, 0.15) is 33.6 Å². The third-order valence-corrected chi connectivity index (χ3v) is 5.78. The van der Waals surface area contributed by atoms with Crippen LogP contribution in [0, 0.1) is 11.7 Å². The van der Waals surface area contributed by atoms with Gasteiger partial charge < -0.3 is 19.3 Å². The van der Waals surface area contributed by atoms with Crippen LogP contribution in [0.4, 0.5) is 4.39 Å². The molecule has 164 valence electrons. The largest absolute Gasteiger partial charge is 0.493 e. The summed E-state index contributed by atoms with van der Waals surface area (Å²) in [6, 6.07) is 12.9. The standard InChI is InChI=1S/C24H27FN2O4/c25-21-7-3-19(4-8-21)24(29)27-11-1-2-18(16-27)17-31-22-9-5-20(6-10-22)23(28)26-12-14-30-15-13-26/h3-10,18H,1-2,11-17H2/t18-/m1/s1. The molecular formula is C24H27FN2O4. The number of likely N-dealkylation sites (tertiary alicyclic amines) is 1. The van der Waals surface area contributed by atoms with Gasteiger partial charge in [0.2, 0.25) is 0 Å². The highest BCUT2D eigenvalue weighted by molar-refractivity contribution is 5.94. The minimum Gasteiger partial charge on any atom is -0.493 e. The van der Waals surface area contributed by atoms with Crippen molar-refractivity contribution in [1.82, 2.24) is 9.80 Å². The molecule has 0 radical (unpaired) electrons. The molecule has 1 atom stereocenters. The first-order chi connectivity index (χ1) is 15.1. The molecule has 0 unspecified atom stereocenters. The number of benzene rings is 2. The van der Waals surface area contributed by atoms with Crippen molar-refractivity contribution in [3.63, 3.8) is 0 Å². The van der Waals surface area contributed by atoms with Crippen LogP contribution in [0.25, 0.3) is 0 Å². The van der Waals surface area contributed by atoms with Gasteiger partial charge in [-0.1, -0.05) is 0 Å². The van der Waals surface area contributed by atoms with Gasteiger partial charge in [-0.25, -0.2) is 4.39 Å². The van der Waals surface area contributed by atoms with E-state index in [1.165, 1.54) is 24.3 Å². The fourth-order valence-electron chi connectivity index (χ4n) is 4.02. The molecule has 0 aliphatic carbocycles. The zero-order chi connectivity index (χ0) is 21.6. The number of nitrogens with zero attached hydrogens (tertiary/aromatic N) is 2.